The lowest BCUT2D eigenvalue weighted by Gasteiger charge is -2.23. The molecule has 3 rings (SSSR count). The minimum Gasteiger partial charge on any atom is -0.352 e. The van der Waals surface area contributed by atoms with Crippen molar-refractivity contribution in [3.05, 3.63) is 35.4 Å². The van der Waals surface area contributed by atoms with Crippen LogP contribution < -0.4 is 5.32 Å². The molecule has 1 saturated carbocycles. The van der Waals surface area contributed by atoms with E-state index in [0.717, 1.165) is 19.1 Å². The van der Waals surface area contributed by atoms with E-state index in [2.05, 4.69) is 16.3 Å². The SMILES string of the molecule is N#Cc1cccc(C(=O)NC[C@H]2CCN(C3CCCC3)C2)c1. The van der Waals surface area contributed by atoms with E-state index in [1.54, 1.807) is 24.3 Å². The molecule has 1 aliphatic heterocycles. The second-order valence-electron chi connectivity index (χ2n) is 6.49. The van der Waals surface area contributed by atoms with Gasteiger partial charge in [0.1, 0.15) is 0 Å². The molecule has 1 aliphatic carbocycles. The summed E-state index contributed by atoms with van der Waals surface area (Å²) >= 11 is 0. The highest BCUT2D eigenvalue weighted by Gasteiger charge is 2.29. The van der Waals surface area contributed by atoms with Crippen molar-refractivity contribution >= 4 is 5.91 Å². The van der Waals surface area contributed by atoms with E-state index in [4.69, 9.17) is 5.26 Å². The average molecular weight is 297 g/mol. The van der Waals surface area contributed by atoms with Gasteiger partial charge >= 0.3 is 0 Å². The molecule has 22 heavy (non-hydrogen) atoms. The maximum Gasteiger partial charge on any atom is 0.251 e. The van der Waals surface area contributed by atoms with Crippen LogP contribution in [-0.2, 0) is 0 Å². The summed E-state index contributed by atoms with van der Waals surface area (Å²) in [5.41, 5.74) is 1.10. The van der Waals surface area contributed by atoms with Gasteiger partial charge in [0.05, 0.1) is 11.6 Å². The molecule has 1 saturated heterocycles. The molecule has 4 nitrogen and oxygen atoms in total. The Morgan fingerprint density at radius 3 is 2.91 bits per heavy atom. The zero-order chi connectivity index (χ0) is 15.4. The predicted octanol–water partition coefficient (Wildman–Crippen LogP) is 2.55. The maximum atomic E-state index is 12.2. The first-order valence-corrected chi connectivity index (χ1v) is 8.28. The molecule has 1 aromatic rings. The van der Waals surface area contributed by atoms with Crippen LogP contribution in [0.4, 0.5) is 0 Å². The number of nitrogens with one attached hydrogen (secondary N) is 1. The quantitative estimate of drug-likeness (QED) is 0.929. The predicted molar refractivity (Wildman–Crippen MR) is 85.4 cm³/mol. The van der Waals surface area contributed by atoms with Gasteiger partial charge in [-0.05, 0) is 49.9 Å². The van der Waals surface area contributed by atoms with E-state index >= 15 is 0 Å². The fraction of sp³-hybridized carbons (Fsp3) is 0.556. The summed E-state index contributed by atoms with van der Waals surface area (Å²) in [7, 11) is 0. The first kappa shape index (κ1) is 15.1. The summed E-state index contributed by atoms with van der Waals surface area (Å²) in [5, 5.41) is 11.9. The number of rotatable bonds is 4. The summed E-state index contributed by atoms with van der Waals surface area (Å²) in [6.07, 6.45) is 6.62. The van der Waals surface area contributed by atoms with Crippen molar-refractivity contribution in [2.75, 3.05) is 19.6 Å². The van der Waals surface area contributed by atoms with Crippen molar-refractivity contribution in [2.45, 2.75) is 38.1 Å². The average Bonchev–Trinajstić information content (AvgIpc) is 3.23. The Balaban J connectivity index is 1.48. The van der Waals surface area contributed by atoms with Crippen LogP contribution in [0.15, 0.2) is 24.3 Å². The standard InChI is InChI=1S/C18H23N3O/c19-11-14-4-3-5-16(10-14)18(22)20-12-15-8-9-21(13-15)17-6-1-2-7-17/h3-5,10,15,17H,1-2,6-9,12-13H2,(H,20,22)/t15-/m1/s1. The van der Waals surface area contributed by atoms with Crippen molar-refractivity contribution in [2.24, 2.45) is 5.92 Å². The van der Waals surface area contributed by atoms with Crippen LogP contribution in [-0.4, -0.2) is 36.5 Å². The smallest absolute Gasteiger partial charge is 0.251 e. The number of nitrogens with zero attached hydrogens (tertiary/aromatic N) is 2. The van der Waals surface area contributed by atoms with Crippen LogP contribution in [0.25, 0.3) is 0 Å². The summed E-state index contributed by atoms with van der Waals surface area (Å²) in [5.74, 6) is 0.486. The van der Waals surface area contributed by atoms with E-state index in [1.807, 2.05) is 0 Å². The Morgan fingerprint density at radius 1 is 1.32 bits per heavy atom. The lowest BCUT2D eigenvalue weighted by Crippen LogP contribution is -2.34. The van der Waals surface area contributed by atoms with E-state index in [0.29, 0.717) is 17.0 Å². The van der Waals surface area contributed by atoms with Crippen LogP contribution in [0, 0.1) is 17.2 Å². The van der Waals surface area contributed by atoms with Crippen molar-refractivity contribution in [3.63, 3.8) is 0 Å². The first-order valence-electron chi connectivity index (χ1n) is 8.28. The topological polar surface area (TPSA) is 56.1 Å². The fourth-order valence-corrected chi connectivity index (χ4v) is 3.70. The monoisotopic (exact) mass is 297 g/mol. The van der Waals surface area contributed by atoms with Crippen LogP contribution in [0.1, 0.15) is 48.0 Å². The highest BCUT2D eigenvalue weighted by Crippen LogP contribution is 2.28. The third kappa shape index (κ3) is 3.48. The molecule has 0 bridgehead atoms. The van der Waals surface area contributed by atoms with Gasteiger partial charge in [0, 0.05) is 24.7 Å². The lowest BCUT2D eigenvalue weighted by atomic mass is 10.1. The van der Waals surface area contributed by atoms with Crippen LogP contribution in [0.5, 0.6) is 0 Å². The molecule has 1 amide bonds. The van der Waals surface area contributed by atoms with Crippen LogP contribution in [0.2, 0.25) is 0 Å². The first-order chi connectivity index (χ1) is 10.8. The molecule has 0 spiro atoms. The second-order valence-corrected chi connectivity index (χ2v) is 6.49. The molecule has 116 valence electrons. The van der Waals surface area contributed by atoms with Crippen LogP contribution in [0.3, 0.4) is 0 Å². The third-order valence-electron chi connectivity index (χ3n) is 4.96. The third-order valence-corrected chi connectivity index (χ3v) is 4.96. The van der Waals surface area contributed by atoms with Gasteiger partial charge in [-0.3, -0.25) is 4.79 Å². The molecule has 1 atom stereocenters. The number of likely N-dealkylation sites (tertiary alicyclic amines) is 1. The summed E-state index contributed by atoms with van der Waals surface area (Å²) < 4.78 is 0. The molecule has 1 aromatic carbocycles. The summed E-state index contributed by atoms with van der Waals surface area (Å²) in [6, 6.07) is 9.73. The van der Waals surface area contributed by atoms with Gasteiger partial charge in [0.2, 0.25) is 0 Å². The largest absolute Gasteiger partial charge is 0.352 e. The van der Waals surface area contributed by atoms with Gasteiger partial charge in [-0.25, -0.2) is 0 Å². The highest BCUT2D eigenvalue weighted by atomic mass is 16.1. The highest BCUT2D eigenvalue weighted by molar-refractivity contribution is 5.94. The normalized spacial score (nSPS) is 22.6. The molecule has 2 aliphatic rings. The molecule has 4 heteroatoms. The van der Waals surface area contributed by atoms with Gasteiger partial charge in [0.25, 0.3) is 5.91 Å². The van der Waals surface area contributed by atoms with E-state index in [1.165, 1.54) is 38.6 Å². The summed E-state index contributed by atoms with van der Waals surface area (Å²) in [4.78, 5) is 14.8. The van der Waals surface area contributed by atoms with Gasteiger partial charge < -0.3 is 10.2 Å². The molecule has 1 N–H and O–H groups in total. The van der Waals surface area contributed by atoms with Crippen molar-refractivity contribution in [1.29, 1.82) is 5.26 Å². The molecule has 2 fully saturated rings. The number of amides is 1. The molecule has 0 unspecified atom stereocenters. The lowest BCUT2D eigenvalue weighted by molar-refractivity contribution is 0.0947. The minimum absolute atomic E-state index is 0.0728. The van der Waals surface area contributed by atoms with Crippen molar-refractivity contribution < 1.29 is 4.79 Å². The van der Waals surface area contributed by atoms with Gasteiger partial charge in [0.15, 0.2) is 0 Å². The molecule has 0 radical (unpaired) electrons. The Hall–Kier alpha value is -1.86. The number of benzene rings is 1. The zero-order valence-electron chi connectivity index (χ0n) is 12.9. The second kappa shape index (κ2) is 6.93. The zero-order valence-corrected chi connectivity index (χ0v) is 12.9. The molecule has 1 heterocycles. The van der Waals surface area contributed by atoms with Gasteiger partial charge in [-0.2, -0.15) is 5.26 Å². The number of hydrogen-bond acceptors (Lipinski definition) is 3. The Labute approximate surface area is 132 Å². The Morgan fingerprint density at radius 2 is 2.14 bits per heavy atom. The number of hydrogen-bond donors (Lipinski definition) is 1. The Bertz CT molecular complexity index is 572. The van der Waals surface area contributed by atoms with Crippen molar-refractivity contribution in [1.82, 2.24) is 10.2 Å². The van der Waals surface area contributed by atoms with E-state index in [9.17, 15) is 4.79 Å². The van der Waals surface area contributed by atoms with Gasteiger partial charge in [-0.1, -0.05) is 18.9 Å². The Kier molecular flexibility index (Phi) is 4.74. The number of carbonyl (C=O) groups is 1. The van der Waals surface area contributed by atoms with E-state index in [-0.39, 0.29) is 5.91 Å². The fourth-order valence-electron chi connectivity index (χ4n) is 3.70. The minimum atomic E-state index is -0.0728. The maximum absolute atomic E-state index is 12.2. The molecular weight excluding hydrogens is 274 g/mol. The summed E-state index contributed by atoms with van der Waals surface area (Å²) in [6.45, 7) is 3.02. The van der Waals surface area contributed by atoms with Crippen LogP contribution >= 0.6 is 0 Å². The number of nitriles is 1. The number of carbonyl (C=O) groups excluding carboxylic acids is 1. The van der Waals surface area contributed by atoms with Crippen molar-refractivity contribution in [3.8, 4) is 6.07 Å². The van der Waals surface area contributed by atoms with Gasteiger partial charge in [-0.15, -0.1) is 0 Å². The van der Waals surface area contributed by atoms with E-state index < -0.39 is 0 Å². The molecule has 0 aromatic heterocycles. The molecular formula is C18H23N3O.